The minimum Gasteiger partial charge on any atom is -0.481 e. The lowest BCUT2D eigenvalue weighted by Gasteiger charge is -2.37. The zero-order valence-corrected chi connectivity index (χ0v) is 11.0. The molecule has 6 heteroatoms. The largest absolute Gasteiger partial charge is 0.481 e. The maximum atomic E-state index is 13.6. The van der Waals surface area contributed by atoms with E-state index in [1.54, 1.807) is 6.92 Å². The molecule has 108 valence electrons. The van der Waals surface area contributed by atoms with Gasteiger partial charge in [0.15, 0.2) is 11.6 Å². The smallest absolute Gasteiger partial charge is 0.311 e. The third-order valence-corrected chi connectivity index (χ3v) is 3.68. The van der Waals surface area contributed by atoms with Gasteiger partial charge in [0.1, 0.15) is 0 Å². The van der Waals surface area contributed by atoms with Crippen LogP contribution in [0, 0.1) is 17.0 Å². The molecule has 1 unspecified atom stereocenters. The van der Waals surface area contributed by atoms with Crippen LogP contribution in [0.1, 0.15) is 30.1 Å². The molecule has 1 aliphatic rings. The van der Waals surface area contributed by atoms with Crippen LogP contribution in [0.2, 0.25) is 0 Å². The van der Waals surface area contributed by atoms with Crippen LogP contribution < -0.4 is 0 Å². The Bertz CT molecular complexity index is 561. The summed E-state index contributed by atoms with van der Waals surface area (Å²) >= 11 is 0. The summed E-state index contributed by atoms with van der Waals surface area (Å²) in [6.07, 6.45) is 0.975. The fraction of sp³-hybridized carbons (Fsp3) is 0.429. The van der Waals surface area contributed by atoms with Crippen molar-refractivity contribution in [3.63, 3.8) is 0 Å². The maximum absolute atomic E-state index is 13.6. The number of carboxylic acid groups (broad SMARTS) is 1. The van der Waals surface area contributed by atoms with E-state index in [0.717, 1.165) is 6.07 Å². The van der Waals surface area contributed by atoms with E-state index in [0.29, 0.717) is 19.4 Å². The van der Waals surface area contributed by atoms with Crippen LogP contribution in [0.3, 0.4) is 0 Å². The number of halogens is 2. The molecule has 0 bridgehead atoms. The molecule has 1 heterocycles. The molecule has 1 aromatic rings. The van der Waals surface area contributed by atoms with Crippen molar-refractivity contribution >= 4 is 11.9 Å². The van der Waals surface area contributed by atoms with Crippen molar-refractivity contribution in [3.8, 4) is 0 Å². The molecule has 0 aliphatic carbocycles. The van der Waals surface area contributed by atoms with E-state index in [4.69, 9.17) is 0 Å². The Morgan fingerprint density at radius 3 is 2.70 bits per heavy atom. The molecule has 0 spiro atoms. The topological polar surface area (TPSA) is 57.6 Å². The van der Waals surface area contributed by atoms with Gasteiger partial charge < -0.3 is 10.0 Å². The summed E-state index contributed by atoms with van der Waals surface area (Å²) in [6.45, 7) is 1.89. The Labute approximate surface area is 115 Å². The van der Waals surface area contributed by atoms with Gasteiger partial charge in [0.25, 0.3) is 5.91 Å². The van der Waals surface area contributed by atoms with Gasteiger partial charge in [-0.05, 0) is 31.9 Å². The van der Waals surface area contributed by atoms with Crippen LogP contribution in [0.15, 0.2) is 18.2 Å². The number of hydrogen-bond acceptors (Lipinski definition) is 2. The number of amides is 1. The molecule has 1 saturated heterocycles. The molecule has 1 amide bonds. The molecule has 0 saturated carbocycles. The third kappa shape index (κ3) is 2.50. The number of benzene rings is 1. The van der Waals surface area contributed by atoms with Gasteiger partial charge in [-0.3, -0.25) is 9.59 Å². The highest BCUT2D eigenvalue weighted by Crippen LogP contribution is 2.30. The summed E-state index contributed by atoms with van der Waals surface area (Å²) in [7, 11) is 0. The second kappa shape index (κ2) is 5.19. The molecular weight excluding hydrogens is 268 g/mol. The third-order valence-electron chi connectivity index (χ3n) is 3.68. The molecule has 0 aromatic heterocycles. The van der Waals surface area contributed by atoms with E-state index in [9.17, 15) is 23.5 Å². The zero-order valence-electron chi connectivity index (χ0n) is 11.0. The highest BCUT2D eigenvalue weighted by molar-refractivity contribution is 5.95. The van der Waals surface area contributed by atoms with Gasteiger partial charge in [-0.1, -0.05) is 6.07 Å². The number of hydrogen-bond donors (Lipinski definition) is 1. The Balaban J connectivity index is 2.25. The molecule has 0 radical (unpaired) electrons. The van der Waals surface area contributed by atoms with Crippen LogP contribution in [0.4, 0.5) is 8.78 Å². The molecule has 1 aromatic carbocycles. The number of carboxylic acids is 1. The number of piperidine rings is 1. The van der Waals surface area contributed by atoms with Crippen LogP contribution in [0.25, 0.3) is 0 Å². The first kappa shape index (κ1) is 14.4. The van der Waals surface area contributed by atoms with Crippen molar-refractivity contribution < 1.29 is 23.5 Å². The van der Waals surface area contributed by atoms with Crippen molar-refractivity contribution in [2.24, 2.45) is 5.41 Å². The zero-order chi connectivity index (χ0) is 14.9. The quantitative estimate of drug-likeness (QED) is 0.906. The number of carbonyl (C=O) groups excluding carboxylic acids is 1. The highest BCUT2D eigenvalue weighted by atomic mass is 19.2. The average molecular weight is 283 g/mol. The Morgan fingerprint density at radius 1 is 1.35 bits per heavy atom. The Morgan fingerprint density at radius 2 is 2.05 bits per heavy atom. The van der Waals surface area contributed by atoms with Crippen LogP contribution in [0.5, 0.6) is 0 Å². The molecule has 4 nitrogen and oxygen atoms in total. The molecule has 1 N–H and O–H groups in total. The number of aliphatic carboxylic acids is 1. The van der Waals surface area contributed by atoms with Crippen LogP contribution >= 0.6 is 0 Å². The van der Waals surface area contributed by atoms with Gasteiger partial charge in [0, 0.05) is 13.1 Å². The first-order valence-electron chi connectivity index (χ1n) is 6.32. The predicted molar refractivity (Wildman–Crippen MR) is 67.2 cm³/mol. The number of rotatable bonds is 2. The van der Waals surface area contributed by atoms with Crippen molar-refractivity contribution in [3.05, 3.63) is 35.4 Å². The van der Waals surface area contributed by atoms with E-state index in [-0.39, 0.29) is 12.1 Å². The SMILES string of the molecule is CC1(C(=O)O)CCCN(C(=O)c2cccc(F)c2F)C1. The first-order chi connectivity index (χ1) is 9.35. The average Bonchev–Trinajstić information content (AvgIpc) is 2.41. The van der Waals surface area contributed by atoms with Gasteiger partial charge in [-0.25, -0.2) is 8.78 Å². The molecular formula is C14H15F2NO3. The van der Waals surface area contributed by atoms with Gasteiger partial charge in [-0.15, -0.1) is 0 Å². The van der Waals surface area contributed by atoms with Crippen molar-refractivity contribution in [2.75, 3.05) is 13.1 Å². The monoisotopic (exact) mass is 283 g/mol. The maximum Gasteiger partial charge on any atom is 0.311 e. The molecule has 1 atom stereocenters. The predicted octanol–water partition coefficient (Wildman–Crippen LogP) is 2.29. The Hall–Kier alpha value is -1.98. The molecule has 20 heavy (non-hydrogen) atoms. The van der Waals surface area contributed by atoms with Crippen molar-refractivity contribution in [2.45, 2.75) is 19.8 Å². The van der Waals surface area contributed by atoms with E-state index in [1.807, 2.05) is 0 Å². The molecule has 1 aliphatic heterocycles. The number of likely N-dealkylation sites (tertiary alicyclic amines) is 1. The second-order valence-corrected chi connectivity index (χ2v) is 5.30. The normalized spacial score (nSPS) is 22.6. The lowest BCUT2D eigenvalue weighted by atomic mass is 9.82. The standard InChI is InChI=1S/C14H15F2NO3/c1-14(13(19)20)6-3-7-17(8-14)12(18)9-4-2-5-10(15)11(9)16/h2,4-5H,3,6-8H2,1H3,(H,19,20). The summed E-state index contributed by atoms with van der Waals surface area (Å²) in [5.41, 5.74) is -1.41. The first-order valence-corrected chi connectivity index (χ1v) is 6.32. The summed E-state index contributed by atoms with van der Waals surface area (Å²) in [4.78, 5) is 24.7. The summed E-state index contributed by atoms with van der Waals surface area (Å²) < 4.78 is 26.8. The van der Waals surface area contributed by atoms with Crippen molar-refractivity contribution in [1.82, 2.24) is 4.90 Å². The highest BCUT2D eigenvalue weighted by Gasteiger charge is 2.40. The van der Waals surface area contributed by atoms with Gasteiger partial charge >= 0.3 is 5.97 Å². The van der Waals surface area contributed by atoms with E-state index in [2.05, 4.69) is 0 Å². The fourth-order valence-corrected chi connectivity index (χ4v) is 2.43. The summed E-state index contributed by atoms with van der Waals surface area (Å²) in [5, 5.41) is 9.19. The van der Waals surface area contributed by atoms with E-state index < -0.39 is 28.9 Å². The lowest BCUT2D eigenvalue weighted by Crippen LogP contribution is -2.48. The molecule has 1 fully saturated rings. The van der Waals surface area contributed by atoms with Gasteiger partial charge in [0.05, 0.1) is 11.0 Å². The van der Waals surface area contributed by atoms with Gasteiger partial charge in [-0.2, -0.15) is 0 Å². The van der Waals surface area contributed by atoms with Crippen LogP contribution in [-0.2, 0) is 4.79 Å². The Kier molecular flexibility index (Phi) is 3.74. The minimum atomic E-state index is -1.19. The number of nitrogens with zero attached hydrogens (tertiary/aromatic N) is 1. The molecule has 2 rings (SSSR count). The summed E-state index contributed by atoms with van der Waals surface area (Å²) in [6, 6.07) is 3.39. The summed E-state index contributed by atoms with van der Waals surface area (Å²) in [5.74, 6) is -3.95. The second-order valence-electron chi connectivity index (χ2n) is 5.30. The minimum absolute atomic E-state index is 0.00286. The van der Waals surface area contributed by atoms with E-state index >= 15 is 0 Å². The van der Waals surface area contributed by atoms with Crippen molar-refractivity contribution in [1.29, 1.82) is 0 Å². The van der Waals surface area contributed by atoms with E-state index in [1.165, 1.54) is 17.0 Å². The fourth-order valence-electron chi connectivity index (χ4n) is 2.43. The lowest BCUT2D eigenvalue weighted by molar-refractivity contribution is -0.150. The van der Waals surface area contributed by atoms with Gasteiger partial charge in [0.2, 0.25) is 0 Å². The number of carbonyl (C=O) groups is 2. The van der Waals surface area contributed by atoms with Crippen LogP contribution in [-0.4, -0.2) is 35.0 Å².